The Bertz CT molecular complexity index is 1420. The molecule has 2 aromatic rings. The van der Waals surface area contributed by atoms with Crippen molar-refractivity contribution in [3.63, 3.8) is 0 Å². The molecule has 2 amide bonds. The van der Waals surface area contributed by atoms with E-state index < -0.39 is 32.9 Å². The fourth-order valence-corrected chi connectivity index (χ4v) is 5.85. The number of carbonyl (C=O) groups is 3. The lowest BCUT2D eigenvalue weighted by atomic mass is 9.89. The molecule has 0 radical (unpaired) electrons. The molecule has 0 aromatic heterocycles. The number of nitriles is 1. The van der Waals surface area contributed by atoms with Crippen molar-refractivity contribution in [2.24, 2.45) is 0 Å². The van der Waals surface area contributed by atoms with E-state index in [1.54, 1.807) is 56.9 Å². The Kier molecular flexibility index (Phi) is 9.25. The molecule has 1 heterocycles. The fourth-order valence-electron chi connectivity index (χ4n) is 4.48. The third kappa shape index (κ3) is 6.80. The van der Waals surface area contributed by atoms with E-state index in [-0.39, 0.29) is 23.1 Å². The van der Waals surface area contributed by atoms with Crippen molar-refractivity contribution in [1.29, 1.82) is 5.26 Å². The van der Waals surface area contributed by atoms with Crippen LogP contribution in [0.15, 0.2) is 42.5 Å². The van der Waals surface area contributed by atoms with Crippen LogP contribution in [0.2, 0.25) is 0 Å². The summed E-state index contributed by atoms with van der Waals surface area (Å²) >= 11 is 0. The van der Waals surface area contributed by atoms with Crippen molar-refractivity contribution in [1.82, 2.24) is 4.90 Å². The molecule has 2 aromatic carbocycles. The summed E-state index contributed by atoms with van der Waals surface area (Å²) in [6.45, 7) is 8.47. The van der Waals surface area contributed by atoms with Crippen molar-refractivity contribution in [2.75, 3.05) is 24.5 Å². The fraction of sp³-hybridized carbons (Fsp3) is 0.448. The number of methoxy groups -OCH3 is 1. The van der Waals surface area contributed by atoms with E-state index in [1.807, 2.05) is 12.1 Å². The molecule has 11 heteroatoms. The highest BCUT2D eigenvalue weighted by Gasteiger charge is 2.42. The zero-order valence-corrected chi connectivity index (χ0v) is 24.4. The van der Waals surface area contributed by atoms with Crippen LogP contribution in [0, 0.1) is 18.3 Å². The van der Waals surface area contributed by atoms with Gasteiger partial charge >= 0.3 is 12.1 Å². The first-order valence-corrected chi connectivity index (χ1v) is 14.4. The lowest BCUT2D eigenvalue weighted by Crippen LogP contribution is -2.47. The number of sulfonamides is 1. The SMILES string of the molecule is COC(=O)C(C)S(=O)(=O)N(C(=O)OC(C)(C)C)c1cc(C(=O)N2CCC(c3ccc(C#N)cc3)CC2)ccc1C. The highest BCUT2D eigenvalue weighted by atomic mass is 32.2. The summed E-state index contributed by atoms with van der Waals surface area (Å²) in [6.07, 6.45) is 0.260. The van der Waals surface area contributed by atoms with Gasteiger partial charge in [-0.25, -0.2) is 13.2 Å². The van der Waals surface area contributed by atoms with Crippen molar-refractivity contribution in [3.05, 3.63) is 64.7 Å². The monoisotopic (exact) mass is 569 g/mol. The minimum absolute atomic E-state index is 0.0803. The molecule has 0 bridgehead atoms. The summed E-state index contributed by atoms with van der Waals surface area (Å²) in [6, 6.07) is 14.0. The van der Waals surface area contributed by atoms with Crippen molar-refractivity contribution in [3.8, 4) is 6.07 Å². The van der Waals surface area contributed by atoms with Gasteiger partial charge in [0.1, 0.15) is 5.60 Å². The molecule has 10 nitrogen and oxygen atoms in total. The number of amides is 2. The second-order valence-corrected chi connectivity index (χ2v) is 12.9. The van der Waals surface area contributed by atoms with Gasteiger partial charge in [0.05, 0.1) is 24.4 Å². The van der Waals surface area contributed by atoms with Gasteiger partial charge in [-0.15, -0.1) is 0 Å². The van der Waals surface area contributed by atoms with Gasteiger partial charge in [0.25, 0.3) is 15.9 Å². The van der Waals surface area contributed by atoms with Crippen LogP contribution in [0.4, 0.5) is 10.5 Å². The summed E-state index contributed by atoms with van der Waals surface area (Å²) in [4.78, 5) is 40.6. The van der Waals surface area contributed by atoms with E-state index in [0.717, 1.165) is 32.4 Å². The molecule has 1 aliphatic heterocycles. The van der Waals surface area contributed by atoms with E-state index in [4.69, 9.17) is 10.00 Å². The number of benzene rings is 2. The van der Waals surface area contributed by atoms with Crippen LogP contribution in [0.25, 0.3) is 0 Å². The van der Waals surface area contributed by atoms with Gasteiger partial charge in [0.15, 0.2) is 5.25 Å². The molecule has 214 valence electrons. The minimum Gasteiger partial charge on any atom is -0.468 e. The van der Waals surface area contributed by atoms with Crippen molar-refractivity contribution in [2.45, 2.75) is 64.2 Å². The van der Waals surface area contributed by atoms with Gasteiger partial charge in [-0.05, 0) is 88.8 Å². The number of hydrogen-bond acceptors (Lipinski definition) is 8. The van der Waals surface area contributed by atoms with E-state index in [0.29, 0.717) is 28.5 Å². The maximum atomic E-state index is 13.5. The Morgan fingerprint density at radius 3 is 2.20 bits per heavy atom. The average Bonchev–Trinajstić information content (AvgIpc) is 2.92. The third-order valence-electron chi connectivity index (χ3n) is 6.76. The molecule has 1 fully saturated rings. The molecule has 1 saturated heterocycles. The van der Waals surface area contributed by atoms with Crippen LogP contribution < -0.4 is 4.31 Å². The predicted molar refractivity (Wildman–Crippen MR) is 149 cm³/mol. The highest BCUT2D eigenvalue weighted by Crippen LogP contribution is 2.32. The molecule has 0 saturated carbocycles. The summed E-state index contributed by atoms with van der Waals surface area (Å²) in [5.74, 6) is -1.09. The molecule has 3 rings (SSSR count). The maximum Gasteiger partial charge on any atom is 0.428 e. The van der Waals surface area contributed by atoms with Crippen LogP contribution >= 0.6 is 0 Å². The molecular weight excluding hydrogens is 534 g/mol. The topological polar surface area (TPSA) is 134 Å². The van der Waals surface area contributed by atoms with Crippen LogP contribution in [-0.2, 0) is 24.3 Å². The lowest BCUT2D eigenvalue weighted by Gasteiger charge is -2.33. The Balaban J connectivity index is 1.91. The van der Waals surface area contributed by atoms with Crippen LogP contribution in [-0.4, -0.2) is 62.3 Å². The number of carbonyl (C=O) groups excluding carboxylic acids is 3. The number of esters is 1. The standard InChI is InChI=1S/C29H35N3O7S/c1-19-7-10-24(26(33)31-15-13-23(14-16-31)22-11-8-21(18-30)9-12-22)17-25(19)32(28(35)39-29(3,4)5)40(36,37)20(2)27(34)38-6/h7-12,17,20,23H,13-16H2,1-6H3. The van der Waals surface area contributed by atoms with E-state index >= 15 is 0 Å². The van der Waals surface area contributed by atoms with Crippen molar-refractivity contribution >= 4 is 33.7 Å². The third-order valence-corrected chi connectivity index (χ3v) is 8.70. The molecule has 1 aliphatic rings. The number of hydrogen-bond donors (Lipinski definition) is 0. The van der Waals surface area contributed by atoms with E-state index in [1.165, 1.54) is 6.07 Å². The normalized spacial score (nSPS) is 15.1. The Hall–Kier alpha value is -3.91. The number of piperidine rings is 1. The van der Waals surface area contributed by atoms with Gasteiger partial charge in [0.2, 0.25) is 0 Å². The molecule has 0 aliphatic carbocycles. The minimum atomic E-state index is -4.63. The van der Waals surface area contributed by atoms with E-state index in [9.17, 15) is 22.8 Å². The number of ether oxygens (including phenoxy) is 2. The smallest absolute Gasteiger partial charge is 0.428 e. The molecule has 0 N–H and O–H groups in total. The largest absolute Gasteiger partial charge is 0.468 e. The molecular formula is C29H35N3O7S. The van der Waals surface area contributed by atoms with Gasteiger partial charge < -0.3 is 14.4 Å². The summed E-state index contributed by atoms with van der Waals surface area (Å²) in [5, 5.41) is 7.32. The number of likely N-dealkylation sites (tertiary alicyclic amines) is 1. The average molecular weight is 570 g/mol. The first kappa shape index (κ1) is 30.6. The Morgan fingerprint density at radius 1 is 1.07 bits per heavy atom. The van der Waals surface area contributed by atoms with Crippen molar-refractivity contribution < 1.29 is 32.3 Å². The summed E-state index contributed by atoms with van der Waals surface area (Å²) in [5.41, 5.74) is 1.19. The number of aryl methyl sites for hydroxylation is 1. The molecule has 40 heavy (non-hydrogen) atoms. The molecule has 1 atom stereocenters. The predicted octanol–water partition coefficient (Wildman–Crippen LogP) is 4.52. The van der Waals surface area contributed by atoms with E-state index in [2.05, 4.69) is 10.8 Å². The first-order chi connectivity index (χ1) is 18.7. The Morgan fingerprint density at radius 2 is 1.68 bits per heavy atom. The second kappa shape index (κ2) is 12.1. The highest BCUT2D eigenvalue weighted by molar-refractivity contribution is 7.94. The van der Waals surface area contributed by atoms with Gasteiger partial charge in [-0.2, -0.15) is 9.57 Å². The summed E-state index contributed by atoms with van der Waals surface area (Å²) < 4.78 is 37.5. The number of nitrogens with zero attached hydrogens (tertiary/aromatic N) is 3. The van der Waals surface area contributed by atoms with Crippen LogP contribution in [0.3, 0.4) is 0 Å². The van der Waals surface area contributed by atoms with Gasteiger partial charge in [-0.3, -0.25) is 9.59 Å². The van der Waals surface area contributed by atoms with Crippen LogP contribution in [0.5, 0.6) is 0 Å². The number of rotatable bonds is 6. The Labute approximate surface area is 235 Å². The first-order valence-electron chi connectivity index (χ1n) is 12.9. The zero-order valence-electron chi connectivity index (χ0n) is 23.6. The van der Waals surface area contributed by atoms with Gasteiger partial charge in [-0.1, -0.05) is 18.2 Å². The zero-order chi connectivity index (χ0) is 29.8. The second-order valence-electron chi connectivity index (χ2n) is 10.8. The number of anilines is 1. The maximum absolute atomic E-state index is 13.5. The quantitative estimate of drug-likeness (QED) is 0.464. The summed E-state index contributed by atoms with van der Waals surface area (Å²) in [7, 11) is -3.57. The van der Waals surface area contributed by atoms with Crippen LogP contribution in [0.1, 0.15) is 73.5 Å². The van der Waals surface area contributed by atoms with Gasteiger partial charge in [0, 0.05) is 18.7 Å². The molecule has 0 spiro atoms. The lowest BCUT2D eigenvalue weighted by molar-refractivity contribution is -0.139. The molecule has 1 unspecified atom stereocenters.